The van der Waals surface area contributed by atoms with E-state index in [1.54, 1.807) is 7.11 Å². The van der Waals surface area contributed by atoms with Crippen LogP contribution in [0, 0.1) is 0 Å². The molecule has 0 radical (unpaired) electrons. The molecule has 2 rings (SSSR count). The standard InChI is InChI=1S/C11H16N2O/c1-14-9-4-5-11(13-7-12)10(6-9)8-2-3-8/h4-6,8,13H,2-3,7,12H2,1H3. The second-order valence-corrected chi connectivity index (χ2v) is 3.61. The first kappa shape index (κ1) is 9.34. The molecule has 0 aliphatic heterocycles. The van der Waals surface area contributed by atoms with E-state index >= 15 is 0 Å². The Labute approximate surface area is 84.3 Å². The lowest BCUT2D eigenvalue weighted by atomic mass is 10.1. The fourth-order valence-corrected chi connectivity index (χ4v) is 1.67. The number of hydrogen-bond acceptors (Lipinski definition) is 3. The molecular formula is C11H16N2O. The van der Waals surface area contributed by atoms with E-state index in [0.29, 0.717) is 12.6 Å². The van der Waals surface area contributed by atoms with Crippen molar-refractivity contribution in [1.29, 1.82) is 0 Å². The highest BCUT2D eigenvalue weighted by molar-refractivity contribution is 5.56. The molecule has 3 nitrogen and oxygen atoms in total. The fraction of sp³-hybridized carbons (Fsp3) is 0.455. The average Bonchev–Trinajstić information content (AvgIpc) is 3.02. The third kappa shape index (κ3) is 1.82. The van der Waals surface area contributed by atoms with Crippen LogP contribution in [0.4, 0.5) is 5.69 Å². The molecule has 76 valence electrons. The summed E-state index contributed by atoms with van der Waals surface area (Å²) in [7, 11) is 1.70. The number of benzene rings is 1. The van der Waals surface area contributed by atoms with E-state index in [-0.39, 0.29) is 0 Å². The molecule has 0 spiro atoms. The number of anilines is 1. The first-order valence-corrected chi connectivity index (χ1v) is 4.97. The minimum Gasteiger partial charge on any atom is -0.497 e. The van der Waals surface area contributed by atoms with E-state index in [4.69, 9.17) is 10.5 Å². The largest absolute Gasteiger partial charge is 0.497 e. The van der Waals surface area contributed by atoms with Crippen LogP contribution in [0.25, 0.3) is 0 Å². The van der Waals surface area contributed by atoms with Gasteiger partial charge in [0.1, 0.15) is 5.75 Å². The molecule has 0 aromatic heterocycles. The van der Waals surface area contributed by atoms with Crippen molar-refractivity contribution in [3.63, 3.8) is 0 Å². The Morgan fingerprint density at radius 2 is 2.29 bits per heavy atom. The molecule has 3 heteroatoms. The highest BCUT2D eigenvalue weighted by Gasteiger charge is 2.26. The molecule has 1 aromatic carbocycles. The third-order valence-electron chi connectivity index (χ3n) is 2.57. The summed E-state index contributed by atoms with van der Waals surface area (Å²) in [4.78, 5) is 0. The van der Waals surface area contributed by atoms with Crippen molar-refractivity contribution in [1.82, 2.24) is 0 Å². The molecule has 0 atom stereocenters. The van der Waals surface area contributed by atoms with Crippen LogP contribution in [0.1, 0.15) is 24.3 Å². The SMILES string of the molecule is COc1ccc(NCN)c(C2CC2)c1. The van der Waals surface area contributed by atoms with Gasteiger partial charge in [0.2, 0.25) is 0 Å². The molecule has 0 saturated heterocycles. The smallest absolute Gasteiger partial charge is 0.119 e. The molecule has 1 fully saturated rings. The molecule has 0 bridgehead atoms. The topological polar surface area (TPSA) is 47.3 Å². The molecule has 1 aliphatic carbocycles. The second-order valence-electron chi connectivity index (χ2n) is 3.61. The van der Waals surface area contributed by atoms with Crippen LogP contribution in [0.5, 0.6) is 5.75 Å². The Bertz CT molecular complexity index is 321. The van der Waals surface area contributed by atoms with Crippen LogP contribution in [0.3, 0.4) is 0 Å². The number of nitrogens with two attached hydrogens (primary N) is 1. The van der Waals surface area contributed by atoms with Crippen LogP contribution in [-0.2, 0) is 0 Å². The van der Waals surface area contributed by atoms with Crippen LogP contribution < -0.4 is 15.8 Å². The molecule has 0 amide bonds. The molecular weight excluding hydrogens is 176 g/mol. The summed E-state index contributed by atoms with van der Waals surface area (Å²) in [5.74, 6) is 1.63. The average molecular weight is 192 g/mol. The van der Waals surface area contributed by atoms with Gasteiger partial charge in [0.15, 0.2) is 0 Å². The second kappa shape index (κ2) is 3.88. The number of ether oxygens (including phenoxy) is 1. The van der Waals surface area contributed by atoms with Crippen molar-refractivity contribution >= 4 is 5.69 Å². The van der Waals surface area contributed by atoms with Gasteiger partial charge in [-0.1, -0.05) is 0 Å². The Morgan fingerprint density at radius 1 is 1.50 bits per heavy atom. The zero-order valence-corrected chi connectivity index (χ0v) is 8.42. The highest BCUT2D eigenvalue weighted by Crippen LogP contribution is 2.44. The quantitative estimate of drug-likeness (QED) is 0.716. The van der Waals surface area contributed by atoms with E-state index in [9.17, 15) is 0 Å². The van der Waals surface area contributed by atoms with Gasteiger partial charge in [-0.15, -0.1) is 0 Å². The van der Waals surface area contributed by atoms with Crippen LogP contribution in [0.2, 0.25) is 0 Å². The van der Waals surface area contributed by atoms with Crippen molar-refractivity contribution in [2.45, 2.75) is 18.8 Å². The minimum absolute atomic E-state index is 0.478. The van der Waals surface area contributed by atoms with E-state index in [1.807, 2.05) is 12.1 Å². The molecule has 1 aromatic rings. The molecule has 1 saturated carbocycles. The van der Waals surface area contributed by atoms with Crippen molar-refractivity contribution in [2.24, 2.45) is 5.73 Å². The first-order chi connectivity index (χ1) is 6.85. The summed E-state index contributed by atoms with van der Waals surface area (Å²) >= 11 is 0. The lowest BCUT2D eigenvalue weighted by molar-refractivity contribution is 0.414. The van der Waals surface area contributed by atoms with Gasteiger partial charge < -0.3 is 15.8 Å². The lowest BCUT2D eigenvalue weighted by Gasteiger charge is -2.11. The van der Waals surface area contributed by atoms with Gasteiger partial charge in [0.05, 0.1) is 13.8 Å². The number of hydrogen-bond donors (Lipinski definition) is 2. The summed E-state index contributed by atoms with van der Waals surface area (Å²) in [6.07, 6.45) is 2.57. The molecule has 14 heavy (non-hydrogen) atoms. The number of nitrogens with one attached hydrogen (secondary N) is 1. The van der Waals surface area contributed by atoms with Crippen LogP contribution in [0.15, 0.2) is 18.2 Å². The van der Waals surface area contributed by atoms with E-state index in [2.05, 4.69) is 11.4 Å². The maximum absolute atomic E-state index is 5.48. The minimum atomic E-state index is 0.478. The Balaban J connectivity index is 2.29. The van der Waals surface area contributed by atoms with Gasteiger partial charge in [-0.05, 0) is 42.5 Å². The molecule has 1 aliphatic rings. The predicted molar refractivity (Wildman–Crippen MR) is 57.6 cm³/mol. The summed E-state index contributed by atoms with van der Waals surface area (Å²) in [6.45, 7) is 0.478. The summed E-state index contributed by atoms with van der Waals surface area (Å²) in [5.41, 5.74) is 7.97. The normalized spacial score (nSPS) is 15.3. The van der Waals surface area contributed by atoms with E-state index in [1.165, 1.54) is 18.4 Å². The molecule has 0 heterocycles. The third-order valence-corrected chi connectivity index (χ3v) is 2.57. The van der Waals surface area contributed by atoms with Crippen LogP contribution in [-0.4, -0.2) is 13.8 Å². The fourth-order valence-electron chi connectivity index (χ4n) is 1.67. The maximum Gasteiger partial charge on any atom is 0.119 e. The Hall–Kier alpha value is -1.22. The summed E-state index contributed by atoms with van der Waals surface area (Å²) in [5, 5.41) is 3.17. The zero-order chi connectivity index (χ0) is 9.97. The van der Waals surface area contributed by atoms with Gasteiger partial charge in [0, 0.05) is 5.69 Å². The van der Waals surface area contributed by atoms with Crippen molar-refractivity contribution in [3.8, 4) is 5.75 Å². The van der Waals surface area contributed by atoms with Gasteiger partial charge in [-0.25, -0.2) is 0 Å². The summed E-state index contributed by atoms with van der Waals surface area (Å²) in [6, 6.07) is 6.11. The van der Waals surface area contributed by atoms with E-state index < -0.39 is 0 Å². The van der Waals surface area contributed by atoms with Gasteiger partial charge >= 0.3 is 0 Å². The Morgan fingerprint density at radius 3 is 2.86 bits per heavy atom. The number of methoxy groups -OCH3 is 1. The summed E-state index contributed by atoms with van der Waals surface area (Å²) < 4.78 is 5.21. The zero-order valence-electron chi connectivity index (χ0n) is 8.42. The van der Waals surface area contributed by atoms with Crippen molar-refractivity contribution < 1.29 is 4.74 Å². The van der Waals surface area contributed by atoms with Crippen molar-refractivity contribution in [2.75, 3.05) is 19.1 Å². The first-order valence-electron chi connectivity index (χ1n) is 4.97. The van der Waals surface area contributed by atoms with Crippen molar-refractivity contribution in [3.05, 3.63) is 23.8 Å². The van der Waals surface area contributed by atoms with Gasteiger partial charge in [0.25, 0.3) is 0 Å². The Kier molecular flexibility index (Phi) is 2.59. The van der Waals surface area contributed by atoms with Gasteiger partial charge in [-0.2, -0.15) is 0 Å². The van der Waals surface area contributed by atoms with E-state index in [0.717, 1.165) is 11.4 Å². The predicted octanol–water partition coefficient (Wildman–Crippen LogP) is 1.90. The van der Waals surface area contributed by atoms with Crippen LogP contribution >= 0.6 is 0 Å². The number of rotatable bonds is 4. The maximum atomic E-state index is 5.48. The monoisotopic (exact) mass is 192 g/mol. The molecule has 0 unspecified atom stereocenters. The lowest BCUT2D eigenvalue weighted by Crippen LogP contribution is -2.12. The highest BCUT2D eigenvalue weighted by atomic mass is 16.5. The molecule has 3 N–H and O–H groups in total. The van der Waals surface area contributed by atoms with Gasteiger partial charge in [-0.3, -0.25) is 0 Å².